The highest BCUT2D eigenvalue weighted by Crippen LogP contribution is 2.24. The molecule has 0 spiro atoms. The van der Waals surface area contributed by atoms with E-state index in [-0.39, 0.29) is 5.56 Å². The van der Waals surface area contributed by atoms with E-state index in [0.717, 1.165) is 26.1 Å². The Labute approximate surface area is 115 Å². The molecule has 0 unspecified atom stereocenters. The van der Waals surface area contributed by atoms with Gasteiger partial charge in [0.1, 0.15) is 10.8 Å². The van der Waals surface area contributed by atoms with Crippen LogP contribution in [0.3, 0.4) is 0 Å². The van der Waals surface area contributed by atoms with E-state index in [9.17, 15) is 9.18 Å². The Bertz CT molecular complexity index is 498. The Morgan fingerprint density at radius 2 is 2.16 bits per heavy atom. The van der Waals surface area contributed by atoms with Crippen molar-refractivity contribution in [1.29, 1.82) is 0 Å². The third kappa shape index (κ3) is 3.13. The van der Waals surface area contributed by atoms with Crippen LogP contribution in [-0.4, -0.2) is 54.2 Å². The third-order valence-electron chi connectivity index (χ3n) is 3.18. The van der Waals surface area contributed by atoms with Gasteiger partial charge in [-0.05, 0) is 26.1 Å². The van der Waals surface area contributed by atoms with Gasteiger partial charge in [-0.25, -0.2) is 9.78 Å². The number of carboxylic acid groups (broad SMARTS) is 1. The minimum atomic E-state index is -1.25. The number of halogens is 2. The van der Waals surface area contributed by atoms with E-state index >= 15 is 0 Å². The lowest BCUT2D eigenvalue weighted by Crippen LogP contribution is -2.29. The molecule has 1 N–H and O–H groups in total. The van der Waals surface area contributed by atoms with Gasteiger partial charge < -0.3 is 14.9 Å². The van der Waals surface area contributed by atoms with Crippen LogP contribution in [0.25, 0.3) is 0 Å². The summed E-state index contributed by atoms with van der Waals surface area (Å²) in [5, 5.41) is 8.56. The maximum atomic E-state index is 13.6. The Balaban J connectivity index is 2.31. The van der Waals surface area contributed by atoms with Gasteiger partial charge in [0.15, 0.2) is 0 Å². The van der Waals surface area contributed by atoms with E-state index in [4.69, 9.17) is 16.7 Å². The van der Waals surface area contributed by atoms with Crippen LogP contribution in [0.1, 0.15) is 16.8 Å². The monoisotopic (exact) mass is 287 g/mol. The van der Waals surface area contributed by atoms with Crippen molar-refractivity contribution in [3.05, 3.63) is 22.6 Å². The number of aromatic carboxylic acids is 1. The maximum Gasteiger partial charge on any atom is 0.337 e. The molecule has 1 aliphatic heterocycles. The second kappa shape index (κ2) is 5.71. The summed E-state index contributed by atoms with van der Waals surface area (Å²) in [4.78, 5) is 18.8. The molecule has 104 valence electrons. The van der Waals surface area contributed by atoms with Gasteiger partial charge in [0.05, 0.1) is 5.56 Å². The fraction of sp³-hybridized carbons (Fsp3) is 0.500. The molecule has 5 nitrogen and oxygen atoms in total. The average molecular weight is 288 g/mol. The number of hydrogen-bond acceptors (Lipinski definition) is 4. The molecule has 19 heavy (non-hydrogen) atoms. The lowest BCUT2D eigenvalue weighted by atomic mass is 10.2. The number of carbonyl (C=O) groups is 1. The number of pyridine rings is 1. The summed E-state index contributed by atoms with van der Waals surface area (Å²) in [6.45, 7) is 3.19. The number of aromatic nitrogens is 1. The number of likely N-dealkylation sites (N-methyl/N-ethyl adjacent to an activating group) is 1. The molecule has 2 rings (SSSR count). The van der Waals surface area contributed by atoms with Crippen molar-refractivity contribution in [1.82, 2.24) is 9.88 Å². The van der Waals surface area contributed by atoms with Gasteiger partial charge in [-0.15, -0.1) is 0 Å². The standard InChI is InChI=1S/C12H15ClFN3O2/c1-16-3-2-4-17(6-5-16)9-7-8(12(18)19)10(13)11(14)15-9/h7H,2-6H2,1H3,(H,18,19). The molecular formula is C12H15ClFN3O2. The molecule has 1 fully saturated rings. The summed E-state index contributed by atoms with van der Waals surface area (Å²) in [5.41, 5.74) is -0.248. The second-order valence-corrected chi connectivity index (χ2v) is 4.96. The molecule has 2 heterocycles. The minimum Gasteiger partial charge on any atom is -0.478 e. The van der Waals surface area contributed by atoms with E-state index in [0.29, 0.717) is 12.4 Å². The van der Waals surface area contributed by atoms with Crippen LogP contribution in [-0.2, 0) is 0 Å². The lowest BCUT2D eigenvalue weighted by molar-refractivity contribution is 0.0696. The largest absolute Gasteiger partial charge is 0.478 e. The van der Waals surface area contributed by atoms with Crippen molar-refractivity contribution in [2.24, 2.45) is 0 Å². The van der Waals surface area contributed by atoms with E-state index < -0.39 is 16.9 Å². The van der Waals surface area contributed by atoms with Gasteiger partial charge in [-0.3, -0.25) is 0 Å². The van der Waals surface area contributed by atoms with Crippen LogP contribution in [0, 0.1) is 5.95 Å². The van der Waals surface area contributed by atoms with Gasteiger partial charge in [0.2, 0.25) is 5.95 Å². The summed E-state index contributed by atoms with van der Waals surface area (Å²) in [7, 11) is 2.02. The minimum absolute atomic E-state index is 0.248. The van der Waals surface area contributed by atoms with Crippen molar-refractivity contribution in [3.63, 3.8) is 0 Å². The van der Waals surface area contributed by atoms with Crippen molar-refractivity contribution >= 4 is 23.4 Å². The van der Waals surface area contributed by atoms with Crippen molar-refractivity contribution in [2.45, 2.75) is 6.42 Å². The molecule has 0 atom stereocenters. The first-order valence-corrected chi connectivity index (χ1v) is 6.39. The Morgan fingerprint density at radius 1 is 1.42 bits per heavy atom. The summed E-state index contributed by atoms with van der Waals surface area (Å²) in [5.74, 6) is -1.86. The highest BCUT2D eigenvalue weighted by Gasteiger charge is 2.20. The zero-order valence-corrected chi connectivity index (χ0v) is 11.3. The summed E-state index contributed by atoms with van der Waals surface area (Å²) >= 11 is 5.61. The first kappa shape index (κ1) is 14.0. The summed E-state index contributed by atoms with van der Waals surface area (Å²) < 4.78 is 13.6. The molecule has 0 radical (unpaired) electrons. The molecule has 0 aliphatic carbocycles. The van der Waals surface area contributed by atoms with Gasteiger partial charge >= 0.3 is 5.97 Å². The van der Waals surface area contributed by atoms with Crippen LogP contribution in [0.2, 0.25) is 5.02 Å². The number of hydrogen-bond donors (Lipinski definition) is 1. The van der Waals surface area contributed by atoms with Crippen molar-refractivity contribution < 1.29 is 14.3 Å². The fourth-order valence-corrected chi connectivity index (χ4v) is 2.26. The molecule has 1 saturated heterocycles. The molecule has 1 aromatic heterocycles. The zero-order chi connectivity index (χ0) is 14.0. The van der Waals surface area contributed by atoms with Crippen molar-refractivity contribution in [3.8, 4) is 0 Å². The number of carboxylic acids is 1. The molecule has 0 amide bonds. The Morgan fingerprint density at radius 3 is 2.84 bits per heavy atom. The van der Waals surface area contributed by atoms with E-state index in [2.05, 4.69) is 9.88 Å². The van der Waals surface area contributed by atoms with Crippen LogP contribution < -0.4 is 4.90 Å². The smallest absolute Gasteiger partial charge is 0.337 e. The number of nitrogens with zero attached hydrogens (tertiary/aromatic N) is 3. The third-order valence-corrected chi connectivity index (χ3v) is 3.54. The maximum absolute atomic E-state index is 13.6. The molecule has 1 aromatic rings. The predicted molar refractivity (Wildman–Crippen MR) is 70.5 cm³/mol. The number of anilines is 1. The Hall–Kier alpha value is -1.40. The SMILES string of the molecule is CN1CCCN(c2cc(C(=O)O)c(Cl)c(F)n2)CC1. The van der Waals surface area contributed by atoms with E-state index in [1.54, 1.807) is 0 Å². The van der Waals surface area contributed by atoms with Gasteiger partial charge in [0, 0.05) is 19.6 Å². The highest BCUT2D eigenvalue weighted by atomic mass is 35.5. The molecule has 0 saturated carbocycles. The van der Waals surface area contributed by atoms with E-state index in [1.807, 2.05) is 11.9 Å². The van der Waals surface area contributed by atoms with Crippen LogP contribution >= 0.6 is 11.6 Å². The molecule has 7 heteroatoms. The fourth-order valence-electron chi connectivity index (χ4n) is 2.08. The molecule has 0 bridgehead atoms. The quantitative estimate of drug-likeness (QED) is 0.839. The van der Waals surface area contributed by atoms with Gasteiger partial charge in [-0.1, -0.05) is 11.6 Å². The Kier molecular flexibility index (Phi) is 4.21. The summed E-state index contributed by atoms with van der Waals surface area (Å²) in [6.07, 6.45) is 0.921. The van der Waals surface area contributed by atoms with Gasteiger partial charge in [-0.2, -0.15) is 4.39 Å². The van der Waals surface area contributed by atoms with Crippen molar-refractivity contribution in [2.75, 3.05) is 38.1 Å². The lowest BCUT2D eigenvalue weighted by Gasteiger charge is -2.22. The normalized spacial score (nSPS) is 17.3. The molecule has 1 aliphatic rings. The first-order chi connectivity index (χ1) is 8.99. The average Bonchev–Trinajstić information content (AvgIpc) is 2.57. The second-order valence-electron chi connectivity index (χ2n) is 4.58. The molecule has 0 aromatic carbocycles. The van der Waals surface area contributed by atoms with E-state index in [1.165, 1.54) is 6.07 Å². The van der Waals surface area contributed by atoms with Crippen LogP contribution in [0.5, 0.6) is 0 Å². The van der Waals surface area contributed by atoms with Crippen LogP contribution in [0.4, 0.5) is 10.2 Å². The first-order valence-electron chi connectivity index (χ1n) is 6.02. The predicted octanol–water partition coefficient (Wildman–Crippen LogP) is 1.71. The topological polar surface area (TPSA) is 56.7 Å². The van der Waals surface area contributed by atoms with Crippen LogP contribution in [0.15, 0.2) is 6.07 Å². The van der Waals surface area contributed by atoms with Gasteiger partial charge in [0.25, 0.3) is 0 Å². The highest BCUT2D eigenvalue weighted by molar-refractivity contribution is 6.33. The summed E-state index contributed by atoms with van der Waals surface area (Å²) in [6, 6.07) is 1.33. The zero-order valence-electron chi connectivity index (χ0n) is 10.6. The number of rotatable bonds is 2. The molecular weight excluding hydrogens is 273 g/mol.